The first-order valence-corrected chi connectivity index (χ1v) is 5.68. The predicted octanol–water partition coefficient (Wildman–Crippen LogP) is 0.899. The molecule has 0 bridgehead atoms. The molecule has 1 unspecified atom stereocenters. The first-order valence-electron chi connectivity index (χ1n) is 5.68. The molecule has 0 radical (unpaired) electrons. The van der Waals surface area contributed by atoms with Gasteiger partial charge in [-0.1, -0.05) is 20.3 Å². The molecular weight excluding hydrogens is 192 g/mol. The molecule has 0 aromatic rings. The molecule has 4 heteroatoms. The summed E-state index contributed by atoms with van der Waals surface area (Å²) >= 11 is 0. The average Bonchev–Trinajstić information content (AvgIpc) is 2.49. The van der Waals surface area contributed by atoms with Gasteiger partial charge in [0.25, 0.3) is 0 Å². The molecule has 0 aromatic heterocycles. The maximum absolute atomic E-state index is 11.7. The summed E-state index contributed by atoms with van der Waals surface area (Å²) in [4.78, 5) is 24.5. The normalized spacial score (nSPS) is 23.2. The molecule has 86 valence electrons. The Hall–Kier alpha value is -1.06. The molecule has 2 N–H and O–H groups in total. The van der Waals surface area contributed by atoms with E-state index in [-0.39, 0.29) is 11.8 Å². The smallest absolute Gasteiger partial charge is 0.240 e. The summed E-state index contributed by atoms with van der Waals surface area (Å²) in [6, 6.07) is -0.403. The van der Waals surface area contributed by atoms with Crippen molar-refractivity contribution in [2.24, 2.45) is 11.7 Å². The molecular formula is C11H20N2O2. The third-order valence-electron chi connectivity index (χ3n) is 3.03. The summed E-state index contributed by atoms with van der Waals surface area (Å²) in [5.74, 6) is 0.109. The topological polar surface area (TPSA) is 63.4 Å². The van der Waals surface area contributed by atoms with Crippen LogP contribution in [0.2, 0.25) is 0 Å². The first-order chi connectivity index (χ1) is 7.10. The van der Waals surface area contributed by atoms with Crippen LogP contribution in [0.1, 0.15) is 39.5 Å². The van der Waals surface area contributed by atoms with E-state index < -0.39 is 6.04 Å². The molecule has 0 saturated carbocycles. The highest BCUT2D eigenvalue weighted by atomic mass is 16.2. The molecule has 1 saturated heterocycles. The molecule has 0 aliphatic carbocycles. The third-order valence-corrected chi connectivity index (χ3v) is 3.03. The zero-order chi connectivity index (χ0) is 11.4. The van der Waals surface area contributed by atoms with E-state index in [2.05, 4.69) is 6.92 Å². The van der Waals surface area contributed by atoms with Gasteiger partial charge in [-0.3, -0.25) is 9.59 Å². The van der Waals surface area contributed by atoms with Crippen LogP contribution in [-0.4, -0.2) is 29.3 Å². The predicted molar refractivity (Wildman–Crippen MR) is 58.0 cm³/mol. The van der Waals surface area contributed by atoms with Crippen LogP contribution in [0.5, 0.6) is 0 Å². The van der Waals surface area contributed by atoms with E-state index in [1.807, 2.05) is 6.92 Å². The monoisotopic (exact) mass is 212 g/mol. The number of hydrogen-bond acceptors (Lipinski definition) is 2. The number of carbonyl (C=O) groups is 2. The Morgan fingerprint density at radius 3 is 2.73 bits per heavy atom. The van der Waals surface area contributed by atoms with Crippen molar-refractivity contribution in [2.75, 3.05) is 6.54 Å². The van der Waals surface area contributed by atoms with Crippen LogP contribution in [0, 0.1) is 5.92 Å². The summed E-state index contributed by atoms with van der Waals surface area (Å²) in [7, 11) is 0. The van der Waals surface area contributed by atoms with E-state index in [1.165, 1.54) is 0 Å². The van der Waals surface area contributed by atoms with Gasteiger partial charge in [0.1, 0.15) is 6.04 Å². The molecule has 1 rings (SSSR count). The summed E-state index contributed by atoms with van der Waals surface area (Å²) < 4.78 is 0. The molecule has 4 nitrogen and oxygen atoms in total. The number of rotatable bonds is 5. The van der Waals surface area contributed by atoms with Gasteiger partial charge in [-0.25, -0.2) is 0 Å². The Morgan fingerprint density at radius 2 is 2.27 bits per heavy atom. The third kappa shape index (κ3) is 2.70. The SMILES string of the molecule is CCCC1CC(=O)N([C@@H](CC)C(N)=O)C1. The van der Waals surface area contributed by atoms with Gasteiger partial charge in [0.2, 0.25) is 11.8 Å². The summed E-state index contributed by atoms with van der Waals surface area (Å²) in [6.07, 6.45) is 3.33. The highest BCUT2D eigenvalue weighted by Crippen LogP contribution is 2.24. The molecule has 0 spiro atoms. The van der Waals surface area contributed by atoms with E-state index in [0.29, 0.717) is 25.3 Å². The second-order valence-electron chi connectivity index (χ2n) is 4.23. The number of nitrogens with zero attached hydrogens (tertiary/aromatic N) is 1. The first kappa shape index (κ1) is 12.0. The van der Waals surface area contributed by atoms with Gasteiger partial charge in [-0.15, -0.1) is 0 Å². The van der Waals surface area contributed by atoms with Crippen LogP contribution in [0.4, 0.5) is 0 Å². The largest absolute Gasteiger partial charge is 0.368 e. The second kappa shape index (κ2) is 5.14. The van der Waals surface area contributed by atoms with Gasteiger partial charge < -0.3 is 10.6 Å². The zero-order valence-corrected chi connectivity index (χ0v) is 9.53. The lowest BCUT2D eigenvalue weighted by molar-refractivity contribution is -0.136. The van der Waals surface area contributed by atoms with Crippen LogP contribution in [0.3, 0.4) is 0 Å². The minimum atomic E-state index is -0.403. The van der Waals surface area contributed by atoms with Crippen molar-refractivity contribution >= 4 is 11.8 Å². The van der Waals surface area contributed by atoms with Gasteiger partial charge in [-0.2, -0.15) is 0 Å². The van der Waals surface area contributed by atoms with Crippen molar-refractivity contribution in [3.63, 3.8) is 0 Å². The van der Waals surface area contributed by atoms with Crippen LogP contribution in [0.25, 0.3) is 0 Å². The van der Waals surface area contributed by atoms with Crippen molar-refractivity contribution < 1.29 is 9.59 Å². The summed E-state index contributed by atoms with van der Waals surface area (Å²) in [6.45, 7) is 4.70. The molecule has 1 aliphatic rings. The number of carbonyl (C=O) groups excluding carboxylic acids is 2. The van der Waals surface area contributed by atoms with Gasteiger partial charge in [0.05, 0.1) is 0 Å². The fourth-order valence-corrected chi connectivity index (χ4v) is 2.29. The average molecular weight is 212 g/mol. The van der Waals surface area contributed by atoms with Crippen molar-refractivity contribution in [2.45, 2.75) is 45.6 Å². The highest BCUT2D eigenvalue weighted by Gasteiger charge is 2.35. The van der Waals surface area contributed by atoms with Gasteiger partial charge in [-0.05, 0) is 18.8 Å². The fourth-order valence-electron chi connectivity index (χ4n) is 2.29. The van der Waals surface area contributed by atoms with Crippen molar-refractivity contribution in [1.82, 2.24) is 4.90 Å². The lowest BCUT2D eigenvalue weighted by Gasteiger charge is -2.24. The lowest BCUT2D eigenvalue weighted by Crippen LogP contribution is -2.45. The molecule has 1 heterocycles. The minimum Gasteiger partial charge on any atom is -0.368 e. The summed E-state index contributed by atoms with van der Waals surface area (Å²) in [5.41, 5.74) is 5.28. The number of nitrogens with two attached hydrogens (primary N) is 1. The Kier molecular flexibility index (Phi) is 4.12. The van der Waals surface area contributed by atoms with Crippen LogP contribution in [-0.2, 0) is 9.59 Å². The number of likely N-dealkylation sites (tertiary alicyclic amines) is 1. The van der Waals surface area contributed by atoms with Gasteiger partial charge >= 0.3 is 0 Å². The Labute approximate surface area is 90.8 Å². The van der Waals surface area contributed by atoms with E-state index in [4.69, 9.17) is 5.73 Å². The Morgan fingerprint density at radius 1 is 1.60 bits per heavy atom. The van der Waals surface area contributed by atoms with Gasteiger partial charge in [0.15, 0.2) is 0 Å². The van der Waals surface area contributed by atoms with E-state index in [1.54, 1.807) is 4.90 Å². The molecule has 0 aromatic carbocycles. The fraction of sp³-hybridized carbons (Fsp3) is 0.818. The van der Waals surface area contributed by atoms with Crippen molar-refractivity contribution in [3.8, 4) is 0 Å². The highest BCUT2D eigenvalue weighted by molar-refractivity contribution is 5.87. The van der Waals surface area contributed by atoms with Crippen LogP contribution in [0.15, 0.2) is 0 Å². The maximum Gasteiger partial charge on any atom is 0.240 e. The summed E-state index contributed by atoms with van der Waals surface area (Å²) in [5, 5.41) is 0. The number of hydrogen-bond donors (Lipinski definition) is 1. The van der Waals surface area contributed by atoms with E-state index >= 15 is 0 Å². The lowest BCUT2D eigenvalue weighted by atomic mass is 10.0. The standard InChI is InChI=1S/C11H20N2O2/c1-3-5-8-6-10(14)13(7-8)9(4-2)11(12)15/h8-9H,3-7H2,1-2H3,(H2,12,15)/t8?,9-/m0/s1. The van der Waals surface area contributed by atoms with E-state index in [9.17, 15) is 9.59 Å². The van der Waals surface area contributed by atoms with Crippen molar-refractivity contribution in [3.05, 3.63) is 0 Å². The molecule has 2 amide bonds. The molecule has 1 fully saturated rings. The zero-order valence-electron chi connectivity index (χ0n) is 9.53. The van der Waals surface area contributed by atoms with Crippen LogP contribution < -0.4 is 5.73 Å². The van der Waals surface area contributed by atoms with E-state index in [0.717, 1.165) is 12.8 Å². The van der Waals surface area contributed by atoms with Gasteiger partial charge in [0, 0.05) is 13.0 Å². The Balaban J connectivity index is 2.63. The maximum atomic E-state index is 11.7. The number of primary amides is 1. The molecule has 15 heavy (non-hydrogen) atoms. The number of amides is 2. The Bertz CT molecular complexity index is 253. The molecule has 2 atom stereocenters. The quantitative estimate of drug-likeness (QED) is 0.736. The minimum absolute atomic E-state index is 0.0825. The van der Waals surface area contributed by atoms with Crippen LogP contribution >= 0.6 is 0 Å². The second-order valence-corrected chi connectivity index (χ2v) is 4.23. The van der Waals surface area contributed by atoms with Crippen molar-refractivity contribution in [1.29, 1.82) is 0 Å². The molecule has 1 aliphatic heterocycles.